The molecule has 1 amide bonds. The second-order valence-electron chi connectivity index (χ2n) is 6.15. The average Bonchev–Trinajstić information content (AvgIpc) is 2.61. The number of hydrogen-bond donors (Lipinski definition) is 1. The van der Waals surface area contributed by atoms with Crippen molar-refractivity contribution in [3.05, 3.63) is 65.5 Å². The Morgan fingerprint density at radius 3 is 2.42 bits per heavy atom. The maximum Gasteiger partial charge on any atom is 0.339 e. The highest BCUT2D eigenvalue weighted by atomic mass is 19.1. The fourth-order valence-electron chi connectivity index (χ4n) is 2.14. The molecule has 138 valence electrons. The largest absolute Gasteiger partial charge is 0.489 e. The number of halogens is 1. The van der Waals surface area contributed by atoms with Crippen molar-refractivity contribution in [1.82, 2.24) is 5.32 Å². The van der Waals surface area contributed by atoms with E-state index < -0.39 is 12.1 Å². The van der Waals surface area contributed by atoms with E-state index in [1.54, 1.807) is 36.4 Å². The molecule has 0 saturated heterocycles. The summed E-state index contributed by atoms with van der Waals surface area (Å²) in [5.41, 5.74) is 1.09. The molecule has 0 aliphatic carbocycles. The molecule has 26 heavy (non-hydrogen) atoms. The second kappa shape index (κ2) is 8.99. The molecule has 0 bridgehead atoms. The van der Waals surface area contributed by atoms with Crippen molar-refractivity contribution in [1.29, 1.82) is 0 Å². The lowest BCUT2D eigenvalue weighted by molar-refractivity contribution is -0.129. The van der Waals surface area contributed by atoms with Gasteiger partial charge in [-0.05, 0) is 56.7 Å². The standard InChI is InChI=1S/C20H22FNO4/c1-13(2)22-19(23)14(3)26-20(24)16-5-4-6-18(11-16)25-12-15-7-9-17(21)10-8-15/h4-11,13-14H,12H2,1-3H3,(H,22,23). The van der Waals surface area contributed by atoms with Crippen LogP contribution < -0.4 is 10.1 Å². The maximum atomic E-state index is 12.9. The average molecular weight is 359 g/mol. The van der Waals surface area contributed by atoms with E-state index in [1.165, 1.54) is 19.1 Å². The van der Waals surface area contributed by atoms with Gasteiger partial charge < -0.3 is 14.8 Å². The molecule has 0 aliphatic rings. The molecule has 0 fully saturated rings. The molecule has 1 unspecified atom stereocenters. The normalized spacial score (nSPS) is 11.7. The number of carbonyl (C=O) groups excluding carboxylic acids is 2. The van der Waals surface area contributed by atoms with Crippen LogP contribution in [0.25, 0.3) is 0 Å². The monoisotopic (exact) mass is 359 g/mol. The summed E-state index contributed by atoms with van der Waals surface area (Å²) in [6, 6.07) is 12.4. The predicted molar refractivity (Wildman–Crippen MR) is 95.3 cm³/mol. The molecule has 0 spiro atoms. The maximum absolute atomic E-state index is 12.9. The zero-order valence-corrected chi connectivity index (χ0v) is 15.0. The fourth-order valence-corrected chi connectivity index (χ4v) is 2.14. The minimum absolute atomic E-state index is 0.0353. The van der Waals surface area contributed by atoms with E-state index in [0.29, 0.717) is 5.75 Å². The summed E-state index contributed by atoms with van der Waals surface area (Å²) >= 11 is 0. The van der Waals surface area contributed by atoms with Gasteiger partial charge in [-0.1, -0.05) is 18.2 Å². The van der Waals surface area contributed by atoms with E-state index in [1.807, 2.05) is 13.8 Å². The van der Waals surface area contributed by atoms with Crippen LogP contribution in [-0.4, -0.2) is 24.0 Å². The van der Waals surface area contributed by atoms with Gasteiger partial charge in [0.1, 0.15) is 18.2 Å². The first-order valence-corrected chi connectivity index (χ1v) is 8.34. The Hall–Kier alpha value is -2.89. The Morgan fingerprint density at radius 1 is 1.08 bits per heavy atom. The lowest BCUT2D eigenvalue weighted by Crippen LogP contribution is -2.39. The lowest BCUT2D eigenvalue weighted by Gasteiger charge is -2.15. The number of amides is 1. The molecule has 0 aliphatic heterocycles. The molecule has 2 aromatic carbocycles. The van der Waals surface area contributed by atoms with Gasteiger partial charge in [0.15, 0.2) is 6.10 Å². The van der Waals surface area contributed by atoms with Crippen LogP contribution in [0.2, 0.25) is 0 Å². The van der Waals surface area contributed by atoms with Crippen molar-refractivity contribution in [3.63, 3.8) is 0 Å². The Morgan fingerprint density at radius 2 is 1.77 bits per heavy atom. The number of hydrogen-bond acceptors (Lipinski definition) is 4. The first-order chi connectivity index (χ1) is 12.3. The molecule has 1 atom stereocenters. The quantitative estimate of drug-likeness (QED) is 0.769. The summed E-state index contributed by atoms with van der Waals surface area (Å²) in [5.74, 6) is -0.794. The zero-order valence-electron chi connectivity index (χ0n) is 15.0. The van der Waals surface area contributed by atoms with Gasteiger partial charge in [-0.3, -0.25) is 4.79 Å². The summed E-state index contributed by atoms with van der Waals surface area (Å²) in [4.78, 5) is 24.0. The topological polar surface area (TPSA) is 64.6 Å². The Balaban J connectivity index is 1.95. The molecule has 0 saturated carbocycles. The highest BCUT2D eigenvalue weighted by Gasteiger charge is 2.19. The third-order valence-electron chi connectivity index (χ3n) is 3.47. The van der Waals surface area contributed by atoms with Gasteiger partial charge in [-0.2, -0.15) is 0 Å². The third-order valence-corrected chi connectivity index (χ3v) is 3.47. The van der Waals surface area contributed by atoms with E-state index in [4.69, 9.17) is 9.47 Å². The van der Waals surface area contributed by atoms with Crippen LogP contribution in [0.5, 0.6) is 5.75 Å². The highest BCUT2D eigenvalue weighted by Crippen LogP contribution is 2.17. The molecule has 2 aromatic rings. The van der Waals surface area contributed by atoms with Crippen molar-refractivity contribution < 1.29 is 23.5 Å². The van der Waals surface area contributed by atoms with Crippen LogP contribution in [0.15, 0.2) is 48.5 Å². The van der Waals surface area contributed by atoms with Gasteiger partial charge in [0.05, 0.1) is 5.56 Å². The molecule has 0 aromatic heterocycles. The Bertz CT molecular complexity index is 759. The molecule has 6 heteroatoms. The smallest absolute Gasteiger partial charge is 0.339 e. The van der Waals surface area contributed by atoms with Crippen LogP contribution in [0, 0.1) is 5.82 Å². The van der Waals surface area contributed by atoms with Gasteiger partial charge in [0.2, 0.25) is 0 Å². The lowest BCUT2D eigenvalue weighted by atomic mass is 10.2. The Kier molecular flexibility index (Phi) is 6.72. The summed E-state index contributed by atoms with van der Waals surface area (Å²) in [5, 5.41) is 2.69. The molecular formula is C20H22FNO4. The van der Waals surface area contributed by atoms with E-state index in [-0.39, 0.29) is 29.9 Å². The number of carbonyl (C=O) groups is 2. The molecule has 5 nitrogen and oxygen atoms in total. The number of nitrogens with one attached hydrogen (secondary N) is 1. The highest BCUT2D eigenvalue weighted by molar-refractivity contribution is 5.92. The second-order valence-corrected chi connectivity index (χ2v) is 6.15. The number of esters is 1. The third kappa shape index (κ3) is 5.88. The summed E-state index contributed by atoms with van der Waals surface area (Å²) in [6.45, 7) is 5.42. The van der Waals surface area contributed by atoms with Crippen LogP contribution in [-0.2, 0) is 16.1 Å². The van der Waals surface area contributed by atoms with Crippen LogP contribution in [0.3, 0.4) is 0 Å². The van der Waals surface area contributed by atoms with E-state index in [2.05, 4.69) is 5.32 Å². The molecule has 2 rings (SSSR count). The van der Waals surface area contributed by atoms with Gasteiger partial charge in [-0.15, -0.1) is 0 Å². The van der Waals surface area contributed by atoms with Crippen LogP contribution >= 0.6 is 0 Å². The van der Waals surface area contributed by atoms with E-state index >= 15 is 0 Å². The van der Waals surface area contributed by atoms with Crippen molar-refractivity contribution in [2.24, 2.45) is 0 Å². The number of benzene rings is 2. The fraction of sp³-hybridized carbons (Fsp3) is 0.300. The minimum Gasteiger partial charge on any atom is -0.489 e. The summed E-state index contributed by atoms with van der Waals surface area (Å²) in [7, 11) is 0. The molecule has 1 N–H and O–H groups in total. The SMILES string of the molecule is CC(C)NC(=O)C(C)OC(=O)c1cccc(OCc2ccc(F)cc2)c1. The minimum atomic E-state index is -0.895. The molecular weight excluding hydrogens is 337 g/mol. The molecule has 0 radical (unpaired) electrons. The zero-order chi connectivity index (χ0) is 19.1. The van der Waals surface area contributed by atoms with E-state index in [0.717, 1.165) is 5.56 Å². The number of ether oxygens (including phenoxy) is 2. The predicted octanol–water partition coefficient (Wildman–Crippen LogP) is 3.47. The number of rotatable bonds is 7. The van der Waals surface area contributed by atoms with Crippen molar-refractivity contribution >= 4 is 11.9 Å². The Labute approximate surface area is 152 Å². The van der Waals surface area contributed by atoms with Gasteiger partial charge in [0.25, 0.3) is 5.91 Å². The van der Waals surface area contributed by atoms with Crippen molar-refractivity contribution in [2.75, 3.05) is 0 Å². The van der Waals surface area contributed by atoms with Gasteiger partial charge >= 0.3 is 5.97 Å². The van der Waals surface area contributed by atoms with Gasteiger partial charge in [-0.25, -0.2) is 9.18 Å². The van der Waals surface area contributed by atoms with Gasteiger partial charge in [0, 0.05) is 6.04 Å². The molecule has 0 heterocycles. The first-order valence-electron chi connectivity index (χ1n) is 8.34. The van der Waals surface area contributed by atoms with Crippen molar-refractivity contribution in [3.8, 4) is 5.75 Å². The summed E-state index contributed by atoms with van der Waals surface area (Å²) in [6.07, 6.45) is -0.895. The van der Waals surface area contributed by atoms with Crippen LogP contribution in [0.1, 0.15) is 36.7 Å². The summed E-state index contributed by atoms with van der Waals surface area (Å²) < 4.78 is 23.7. The van der Waals surface area contributed by atoms with E-state index in [9.17, 15) is 14.0 Å². The van der Waals surface area contributed by atoms with Crippen molar-refractivity contribution in [2.45, 2.75) is 39.5 Å². The first kappa shape index (κ1) is 19.4. The van der Waals surface area contributed by atoms with Crippen LogP contribution in [0.4, 0.5) is 4.39 Å².